The molecule has 6 nitrogen and oxygen atoms in total. The zero-order valence-corrected chi connectivity index (χ0v) is 18.8. The maximum Gasteiger partial charge on any atom is 0.406 e. The third kappa shape index (κ3) is 4.44. The van der Waals surface area contributed by atoms with Gasteiger partial charge in [-0.05, 0) is 60.9 Å². The predicted octanol–water partition coefficient (Wildman–Crippen LogP) is 5.66. The molecule has 0 atom stereocenters. The van der Waals surface area contributed by atoms with Crippen LogP contribution in [0.25, 0.3) is 21.8 Å². The van der Waals surface area contributed by atoms with Crippen LogP contribution in [0.15, 0.2) is 54.6 Å². The van der Waals surface area contributed by atoms with E-state index in [0.717, 1.165) is 50.1 Å². The van der Waals surface area contributed by atoms with E-state index >= 15 is 0 Å². The quantitative estimate of drug-likeness (QED) is 0.387. The molecule has 0 saturated heterocycles. The molecule has 2 N–H and O–H groups in total. The molecule has 1 aromatic heterocycles. The summed E-state index contributed by atoms with van der Waals surface area (Å²) in [6.07, 6.45) is 0.209. The van der Waals surface area contributed by atoms with Gasteiger partial charge in [-0.25, -0.2) is 9.78 Å². The Labute approximate surface area is 187 Å². The van der Waals surface area contributed by atoms with Crippen LogP contribution in [0.1, 0.15) is 16.7 Å². The molecular formula is C26H27N3O3. The number of ether oxygens (including phenoxy) is 2. The lowest BCUT2D eigenvalue weighted by Crippen LogP contribution is -2.20. The van der Waals surface area contributed by atoms with Crippen molar-refractivity contribution >= 4 is 39.3 Å². The summed E-state index contributed by atoms with van der Waals surface area (Å²) >= 11 is 0. The molecule has 4 aromatic rings. The summed E-state index contributed by atoms with van der Waals surface area (Å²) in [5, 5.41) is 8.11. The monoisotopic (exact) mass is 429 g/mol. The minimum absolute atomic E-state index is 0.319. The molecule has 164 valence electrons. The van der Waals surface area contributed by atoms with Gasteiger partial charge in [0.15, 0.2) is 0 Å². The number of carbonyl (C=O) groups excluding carboxylic acids is 1. The van der Waals surface area contributed by atoms with E-state index in [1.165, 1.54) is 5.56 Å². The Kier molecular flexibility index (Phi) is 6.12. The van der Waals surface area contributed by atoms with Crippen LogP contribution < -0.4 is 15.4 Å². The van der Waals surface area contributed by atoms with Crippen molar-refractivity contribution in [2.24, 2.45) is 0 Å². The van der Waals surface area contributed by atoms with E-state index in [1.54, 1.807) is 14.2 Å². The molecule has 4 rings (SSSR count). The van der Waals surface area contributed by atoms with Crippen molar-refractivity contribution in [1.82, 2.24) is 10.3 Å². The number of aryl methyl sites for hydroxylation is 2. The van der Waals surface area contributed by atoms with Gasteiger partial charge in [0.2, 0.25) is 0 Å². The Bertz CT molecular complexity index is 1300. The second kappa shape index (κ2) is 9.14. The van der Waals surface area contributed by atoms with Crippen molar-refractivity contribution < 1.29 is 14.3 Å². The molecule has 3 aromatic carbocycles. The Balaban J connectivity index is 1.76. The highest BCUT2D eigenvalue weighted by Crippen LogP contribution is 2.36. The molecular weight excluding hydrogens is 402 g/mol. The van der Waals surface area contributed by atoms with E-state index in [-0.39, 0.29) is 0 Å². The number of anilines is 2. The lowest BCUT2D eigenvalue weighted by molar-refractivity contribution is 0.150. The van der Waals surface area contributed by atoms with E-state index in [9.17, 15) is 4.79 Å². The first-order chi connectivity index (χ1) is 15.5. The Morgan fingerprint density at radius 1 is 1.00 bits per heavy atom. The smallest absolute Gasteiger partial charge is 0.406 e. The van der Waals surface area contributed by atoms with E-state index in [4.69, 9.17) is 14.5 Å². The van der Waals surface area contributed by atoms with Crippen molar-refractivity contribution in [3.05, 3.63) is 71.3 Å². The zero-order valence-electron chi connectivity index (χ0n) is 18.8. The van der Waals surface area contributed by atoms with Crippen molar-refractivity contribution in [3.8, 4) is 5.75 Å². The summed E-state index contributed by atoms with van der Waals surface area (Å²) < 4.78 is 10.7. The van der Waals surface area contributed by atoms with Crippen molar-refractivity contribution in [2.75, 3.05) is 26.1 Å². The maximum atomic E-state index is 11.3. The number of nitrogens with zero attached hydrogens (tertiary/aromatic N) is 1. The summed E-state index contributed by atoms with van der Waals surface area (Å²) in [5.41, 5.74) is 7.09. The minimum Gasteiger partial charge on any atom is -0.496 e. The Morgan fingerprint density at radius 3 is 2.59 bits per heavy atom. The summed E-state index contributed by atoms with van der Waals surface area (Å²) in [6, 6.07) is 18.5. The fourth-order valence-corrected chi connectivity index (χ4v) is 3.82. The Hall–Kier alpha value is -3.80. The summed E-state index contributed by atoms with van der Waals surface area (Å²) in [5.74, 6) is 0.828. The summed E-state index contributed by atoms with van der Waals surface area (Å²) in [6.45, 7) is 4.42. The largest absolute Gasteiger partial charge is 0.496 e. The van der Waals surface area contributed by atoms with Crippen LogP contribution in [0, 0.1) is 13.8 Å². The van der Waals surface area contributed by atoms with Gasteiger partial charge in [0.1, 0.15) is 5.75 Å². The van der Waals surface area contributed by atoms with Crippen molar-refractivity contribution in [2.45, 2.75) is 20.3 Å². The topological polar surface area (TPSA) is 72.5 Å². The van der Waals surface area contributed by atoms with Gasteiger partial charge in [0, 0.05) is 29.9 Å². The average molecular weight is 430 g/mol. The second-order valence-corrected chi connectivity index (χ2v) is 7.81. The highest BCUT2D eigenvalue weighted by atomic mass is 16.5. The lowest BCUT2D eigenvalue weighted by atomic mass is 10.0. The van der Waals surface area contributed by atoms with Gasteiger partial charge in [-0.15, -0.1) is 0 Å². The van der Waals surface area contributed by atoms with E-state index in [1.807, 2.05) is 31.2 Å². The number of benzene rings is 3. The molecule has 0 fully saturated rings. The van der Waals surface area contributed by atoms with E-state index in [2.05, 4.69) is 47.9 Å². The lowest BCUT2D eigenvalue weighted by Gasteiger charge is -2.16. The number of alkyl carbamates (subject to hydrolysis) is 1. The van der Waals surface area contributed by atoms with Crippen molar-refractivity contribution in [3.63, 3.8) is 0 Å². The number of fused-ring (bicyclic) bond motifs is 2. The van der Waals surface area contributed by atoms with Crippen LogP contribution in [-0.2, 0) is 11.2 Å². The van der Waals surface area contributed by atoms with E-state index in [0.29, 0.717) is 13.0 Å². The molecule has 32 heavy (non-hydrogen) atoms. The van der Waals surface area contributed by atoms with Gasteiger partial charge < -0.3 is 20.1 Å². The van der Waals surface area contributed by atoms with Gasteiger partial charge in [0.25, 0.3) is 0 Å². The molecule has 0 aliphatic heterocycles. The molecule has 1 heterocycles. The van der Waals surface area contributed by atoms with E-state index < -0.39 is 6.09 Å². The normalized spacial score (nSPS) is 10.9. The van der Waals surface area contributed by atoms with Gasteiger partial charge >= 0.3 is 6.09 Å². The fraction of sp³-hybridized carbons (Fsp3) is 0.231. The maximum absolute atomic E-state index is 11.3. The molecule has 0 aliphatic rings. The summed E-state index contributed by atoms with van der Waals surface area (Å²) in [4.78, 5) is 16.2. The molecule has 6 heteroatoms. The van der Waals surface area contributed by atoms with Crippen LogP contribution >= 0.6 is 0 Å². The van der Waals surface area contributed by atoms with Crippen LogP contribution in [0.3, 0.4) is 0 Å². The first-order valence-corrected chi connectivity index (χ1v) is 10.6. The Morgan fingerprint density at radius 2 is 1.81 bits per heavy atom. The molecule has 0 saturated carbocycles. The number of nitrogens with one attached hydrogen (secondary N) is 2. The SMILES string of the molecule is CNC(=O)OCCc1cccc(Nc2c3ccc(C)cc3nc3cc(C)c(OC)cc23)c1. The molecule has 0 spiro atoms. The highest BCUT2D eigenvalue weighted by molar-refractivity contribution is 6.09. The first-order valence-electron chi connectivity index (χ1n) is 10.6. The fourth-order valence-electron chi connectivity index (χ4n) is 3.82. The van der Waals surface area contributed by atoms with Crippen LogP contribution in [0.2, 0.25) is 0 Å². The average Bonchev–Trinajstić information content (AvgIpc) is 2.78. The molecule has 0 unspecified atom stereocenters. The van der Waals surface area contributed by atoms with Crippen molar-refractivity contribution in [1.29, 1.82) is 0 Å². The number of rotatable bonds is 6. The number of carbonyl (C=O) groups is 1. The van der Waals surface area contributed by atoms with Gasteiger partial charge in [0.05, 0.1) is 30.4 Å². The number of amides is 1. The predicted molar refractivity (Wildman–Crippen MR) is 129 cm³/mol. The zero-order chi connectivity index (χ0) is 22.7. The van der Waals surface area contributed by atoms with Crippen LogP contribution in [-0.4, -0.2) is 31.8 Å². The molecule has 0 aliphatic carbocycles. The standard InChI is InChI=1S/C26H27N3O3/c1-16-8-9-20-22(12-16)29-23-13-17(2)24(31-4)15-21(23)25(20)28-19-7-5-6-18(14-19)10-11-32-26(30)27-3/h5-9,12-15H,10-11H2,1-4H3,(H,27,30)(H,28,29). The second-order valence-electron chi connectivity index (χ2n) is 7.81. The summed E-state index contributed by atoms with van der Waals surface area (Å²) in [7, 11) is 3.23. The highest BCUT2D eigenvalue weighted by Gasteiger charge is 2.13. The van der Waals surface area contributed by atoms with Gasteiger partial charge in [-0.2, -0.15) is 0 Å². The first kappa shape index (κ1) is 21.4. The molecule has 1 amide bonds. The molecule has 0 bridgehead atoms. The van der Waals surface area contributed by atoms with Gasteiger partial charge in [-0.1, -0.05) is 24.3 Å². The number of pyridine rings is 1. The third-order valence-electron chi connectivity index (χ3n) is 5.47. The van der Waals surface area contributed by atoms with Gasteiger partial charge in [-0.3, -0.25) is 0 Å². The third-order valence-corrected chi connectivity index (χ3v) is 5.47. The number of hydrogen-bond donors (Lipinski definition) is 2. The number of methoxy groups -OCH3 is 1. The minimum atomic E-state index is -0.423. The number of hydrogen-bond acceptors (Lipinski definition) is 5. The van der Waals surface area contributed by atoms with Crippen LogP contribution in [0.4, 0.5) is 16.2 Å². The van der Waals surface area contributed by atoms with Crippen LogP contribution in [0.5, 0.6) is 5.75 Å². The molecule has 0 radical (unpaired) electrons. The number of aromatic nitrogens is 1.